The van der Waals surface area contributed by atoms with Crippen molar-refractivity contribution in [2.24, 2.45) is 5.92 Å². The Kier molecular flexibility index (Phi) is 6.11. The molecule has 0 aliphatic rings. The third-order valence-electron chi connectivity index (χ3n) is 2.77. The molecule has 0 amide bonds. The van der Waals surface area contributed by atoms with E-state index in [4.69, 9.17) is 4.74 Å². The molecule has 1 aromatic rings. The van der Waals surface area contributed by atoms with E-state index in [2.05, 4.69) is 29.1 Å². The van der Waals surface area contributed by atoms with E-state index in [0.29, 0.717) is 12.0 Å². The molecular weight excluding hydrogens is 202 g/mol. The Morgan fingerprint density at radius 2 is 2.38 bits per heavy atom. The van der Waals surface area contributed by atoms with Crippen molar-refractivity contribution in [1.29, 1.82) is 0 Å². The molecule has 2 N–H and O–H groups in total. The van der Waals surface area contributed by atoms with Gasteiger partial charge >= 0.3 is 0 Å². The molecule has 2 atom stereocenters. The van der Waals surface area contributed by atoms with Crippen LogP contribution in [0.1, 0.15) is 38.6 Å². The molecule has 0 bridgehead atoms. The Morgan fingerprint density at radius 3 is 2.94 bits per heavy atom. The third kappa shape index (κ3) is 3.94. The molecule has 0 saturated heterocycles. The van der Waals surface area contributed by atoms with E-state index >= 15 is 0 Å². The second-order valence-corrected chi connectivity index (χ2v) is 4.16. The normalized spacial score (nSPS) is 14.9. The molecule has 1 aromatic heterocycles. The molecule has 2 unspecified atom stereocenters. The minimum atomic E-state index is 0.296. The van der Waals surface area contributed by atoms with E-state index in [1.54, 1.807) is 13.3 Å². The van der Waals surface area contributed by atoms with Crippen LogP contribution < -0.4 is 5.32 Å². The number of hydrogen-bond acceptors (Lipinski definition) is 3. The Morgan fingerprint density at radius 1 is 1.56 bits per heavy atom. The van der Waals surface area contributed by atoms with Crippen LogP contribution in [0.5, 0.6) is 0 Å². The van der Waals surface area contributed by atoms with E-state index < -0.39 is 0 Å². The van der Waals surface area contributed by atoms with Crippen LogP contribution in [-0.4, -0.2) is 30.2 Å². The number of hydrogen-bond donors (Lipinski definition) is 2. The van der Waals surface area contributed by atoms with Crippen LogP contribution in [0.3, 0.4) is 0 Å². The predicted molar refractivity (Wildman–Crippen MR) is 65.3 cm³/mol. The maximum atomic E-state index is 5.13. The predicted octanol–water partition coefficient (Wildman–Crippen LogP) is 2.12. The molecule has 0 radical (unpaired) electrons. The van der Waals surface area contributed by atoms with Gasteiger partial charge in [0.25, 0.3) is 0 Å². The number of aromatic nitrogens is 2. The van der Waals surface area contributed by atoms with Crippen molar-refractivity contribution in [2.75, 3.05) is 20.3 Å². The standard InChI is InChI=1S/C12H23N3O/c1-4-6-13-11(10(2)5-9-16-3)12-14-7-8-15-12/h7-8,10-11,13H,4-6,9H2,1-3H3,(H,14,15). The van der Waals surface area contributed by atoms with Gasteiger partial charge in [-0.05, 0) is 25.3 Å². The van der Waals surface area contributed by atoms with Gasteiger partial charge in [-0.15, -0.1) is 0 Å². The quantitative estimate of drug-likeness (QED) is 0.712. The molecule has 0 aliphatic carbocycles. The van der Waals surface area contributed by atoms with Crippen LogP contribution in [0.4, 0.5) is 0 Å². The van der Waals surface area contributed by atoms with Crippen molar-refractivity contribution >= 4 is 0 Å². The van der Waals surface area contributed by atoms with E-state index in [1.165, 1.54) is 0 Å². The number of methoxy groups -OCH3 is 1. The smallest absolute Gasteiger partial charge is 0.123 e. The van der Waals surface area contributed by atoms with Crippen molar-refractivity contribution in [1.82, 2.24) is 15.3 Å². The molecule has 0 spiro atoms. The maximum absolute atomic E-state index is 5.13. The summed E-state index contributed by atoms with van der Waals surface area (Å²) in [5.41, 5.74) is 0. The number of rotatable bonds is 8. The van der Waals surface area contributed by atoms with E-state index in [1.807, 2.05) is 6.20 Å². The van der Waals surface area contributed by atoms with Gasteiger partial charge in [-0.2, -0.15) is 0 Å². The highest BCUT2D eigenvalue weighted by Gasteiger charge is 2.20. The summed E-state index contributed by atoms with van der Waals surface area (Å²) in [5.74, 6) is 1.54. The summed E-state index contributed by atoms with van der Waals surface area (Å²) in [6.07, 6.45) is 5.85. The molecule has 0 saturated carbocycles. The fourth-order valence-corrected chi connectivity index (χ4v) is 1.79. The summed E-state index contributed by atoms with van der Waals surface area (Å²) in [4.78, 5) is 7.53. The minimum absolute atomic E-state index is 0.296. The molecule has 0 aromatic carbocycles. The lowest BCUT2D eigenvalue weighted by atomic mass is 9.98. The van der Waals surface area contributed by atoms with Crippen LogP contribution in [-0.2, 0) is 4.74 Å². The van der Waals surface area contributed by atoms with Crippen molar-refractivity contribution in [3.63, 3.8) is 0 Å². The molecule has 1 heterocycles. The van der Waals surface area contributed by atoms with Gasteiger partial charge in [-0.3, -0.25) is 0 Å². The maximum Gasteiger partial charge on any atom is 0.123 e. The first-order valence-corrected chi connectivity index (χ1v) is 6.01. The highest BCUT2D eigenvalue weighted by Crippen LogP contribution is 2.21. The molecular formula is C12H23N3O. The number of imidazole rings is 1. The zero-order valence-corrected chi connectivity index (χ0v) is 10.5. The topological polar surface area (TPSA) is 49.9 Å². The number of nitrogens with zero attached hydrogens (tertiary/aromatic N) is 1. The van der Waals surface area contributed by atoms with Gasteiger partial charge in [-0.1, -0.05) is 13.8 Å². The minimum Gasteiger partial charge on any atom is -0.385 e. The van der Waals surface area contributed by atoms with Gasteiger partial charge < -0.3 is 15.0 Å². The zero-order chi connectivity index (χ0) is 11.8. The van der Waals surface area contributed by atoms with E-state index in [-0.39, 0.29) is 0 Å². The first kappa shape index (κ1) is 13.2. The molecule has 4 heteroatoms. The van der Waals surface area contributed by atoms with Crippen molar-refractivity contribution in [3.05, 3.63) is 18.2 Å². The Labute approximate surface area is 97.8 Å². The fraction of sp³-hybridized carbons (Fsp3) is 0.750. The van der Waals surface area contributed by atoms with Gasteiger partial charge in [0, 0.05) is 26.1 Å². The third-order valence-corrected chi connectivity index (χ3v) is 2.77. The summed E-state index contributed by atoms with van der Waals surface area (Å²) in [6, 6.07) is 0.296. The molecule has 92 valence electrons. The van der Waals surface area contributed by atoms with Gasteiger partial charge in [0.2, 0.25) is 0 Å². The first-order chi connectivity index (χ1) is 7.79. The average molecular weight is 225 g/mol. The number of nitrogens with one attached hydrogen (secondary N) is 2. The van der Waals surface area contributed by atoms with Crippen LogP contribution >= 0.6 is 0 Å². The Bertz CT molecular complexity index is 261. The first-order valence-electron chi connectivity index (χ1n) is 6.01. The lowest BCUT2D eigenvalue weighted by Gasteiger charge is -2.23. The summed E-state index contributed by atoms with van der Waals surface area (Å²) in [5, 5.41) is 3.53. The van der Waals surface area contributed by atoms with E-state index in [0.717, 1.165) is 31.8 Å². The average Bonchev–Trinajstić information content (AvgIpc) is 2.80. The lowest BCUT2D eigenvalue weighted by Crippen LogP contribution is -2.29. The molecule has 0 aliphatic heterocycles. The van der Waals surface area contributed by atoms with Gasteiger partial charge in [0.1, 0.15) is 5.82 Å². The largest absolute Gasteiger partial charge is 0.385 e. The molecule has 0 fully saturated rings. The Balaban J connectivity index is 2.56. The van der Waals surface area contributed by atoms with E-state index in [9.17, 15) is 0 Å². The molecule has 16 heavy (non-hydrogen) atoms. The number of aromatic amines is 1. The molecule has 4 nitrogen and oxygen atoms in total. The summed E-state index contributed by atoms with van der Waals surface area (Å²) >= 11 is 0. The zero-order valence-electron chi connectivity index (χ0n) is 10.5. The molecule has 1 rings (SSSR count). The summed E-state index contributed by atoms with van der Waals surface area (Å²) in [7, 11) is 1.74. The number of H-pyrrole nitrogens is 1. The SMILES string of the molecule is CCCNC(c1ncc[nH]1)C(C)CCOC. The van der Waals surface area contributed by atoms with Gasteiger partial charge in [-0.25, -0.2) is 4.98 Å². The Hall–Kier alpha value is -0.870. The van der Waals surface area contributed by atoms with Gasteiger partial charge in [0.15, 0.2) is 0 Å². The van der Waals surface area contributed by atoms with Crippen molar-refractivity contribution in [3.8, 4) is 0 Å². The monoisotopic (exact) mass is 225 g/mol. The lowest BCUT2D eigenvalue weighted by molar-refractivity contribution is 0.169. The summed E-state index contributed by atoms with van der Waals surface area (Å²) < 4.78 is 5.13. The summed E-state index contributed by atoms with van der Waals surface area (Å²) in [6.45, 7) is 6.22. The van der Waals surface area contributed by atoms with Gasteiger partial charge in [0.05, 0.1) is 6.04 Å². The fourth-order valence-electron chi connectivity index (χ4n) is 1.79. The second kappa shape index (κ2) is 7.41. The van der Waals surface area contributed by atoms with Crippen LogP contribution in [0, 0.1) is 5.92 Å². The van der Waals surface area contributed by atoms with Crippen molar-refractivity contribution < 1.29 is 4.74 Å². The highest BCUT2D eigenvalue weighted by molar-refractivity contribution is 4.97. The number of ether oxygens (including phenoxy) is 1. The van der Waals surface area contributed by atoms with Crippen LogP contribution in [0.15, 0.2) is 12.4 Å². The second-order valence-electron chi connectivity index (χ2n) is 4.16. The van der Waals surface area contributed by atoms with Crippen LogP contribution in [0.25, 0.3) is 0 Å². The van der Waals surface area contributed by atoms with Crippen molar-refractivity contribution in [2.45, 2.75) is 32.7 Å². The highest BCUT2D eigenvalue weighted by atomic mass is 16.5. The van der Waals surface area contributed by atoms with Crippen LogP contribution in [0.2, 0.25) is 0 Å².